The second-order valence-corrected chi connectivity index (χ2v) is 10.2. The summed E-state index contributed by atoms with van der Waals surface area (Å²) in [6.07, 6.45) is 0.979. The average Bonchev–Trinajstić information content (AvgIpc) is 2.82. The molecule has 1 N–H and O–H groups in total. The average molecular weight is 511 g/mol. The Kier molecular flexibility index (Phi) is 10.1. The SMILES string of the molecule is CCCNC(=O)[C@@H](CC)N(Cc1ccc(F)cc1)C(=O)CN(c1ccc(F)cc1)S(=O)(=O)N(C)C. The van der Waals surface area contributed by atoms with Gasteiger partial charge in [0.05, 0.1) is 5.69 Å². The first-order valence-corrected chi connectivity index (χ1v) is 12.7. The number of anilines is 1. The Morgan fingerprint density at radius 3 is 1.97 bits per heavy atom. The normalized spacial score (nSPS) is 12.3. The number of hydrogen-bond donors (Lipinski definition) is 1. The molecule has 0 aliphatic heterocycles. The second-order valence-electron chi connectivity index (χ2n) is 8.14. The van der Waals surface area contributed by atoms with Gasteiger partial charge in [0.2, 0.25) is 11.8 Å². The van der Waals surface area contributed by atoms with Gasteiger partial charge in [-0.25, -0.2) is 13.1 Å². The zero-order chi connectivity index (χ0) is 26.2. The van der Waals surface area contributed by atoms with Crippen LogP contribution in [-0.4, -0.2) is 62.7 Å². The molecule has 0 aliphatic carbocycles. The van der Waals surface area contributed by atoms with Gasteiger partial charge in [-0.15, -0.1) is 0 Å². The molecule has 0 saturated heterocycles. The number of benzene rings is 2. The predicted octanol–water partition coefficient (Wildman–Crippen LogP) is 2.91. The van der Waals surface area contributed by atoms with Gasteiger partial charge in [-0.05, 0) is 54.8 Å². The molecule has 2 aromatic rings. The van der Waals surface area contributed by atoms with Gasteiger partial charge in [0.25, 0.3) is 0 Å². The van der Waals surface area contributed by atoms with Crippen molar-refractivity contribution in [1.29, 1.82) is 0 Å². The molecular formula is C24H32F2N4O4S. The van der Waals surface area contributed by atoms with Crippen molar-refractivity contribution in [3.05, 3.63) is 65.7 Å². The van der Waals surface area contributed by atoms with Gasteiger partial charge in [0.15, 0.2) is 0 Å². The number of amides is 2. The Morgan fingerprint density at radius 1 is 0.943 bits per heavy atom. The quantitative estimate of drug-likeness (QED) is 0.476. The van der Waals surface area contributed by atoms with Crippen LogP contribution in [-0.2, 0) is 26.3 Å². The van der Waals surface area contributed by atoms with Gasteiger partial charge in [-0.1, -0.05) is 26.0 Å². The van der Waals surface area contributed by atoms with Crippen molar-refractivity contribution < 1.29 is 26.8 Å². The van der Waals surface area contributed by atoms with Crippen LogP contribution in [0.15, 0.2) is 48.5 Å². The number of halogens is 2. The number of rotatable bonds is 12. The monoisotopic (exact) mass is 510 g/mol. The minimum Gasteiger partial charge on any atom is -0.354 e. The summed E-state index contributed by atoms with van der Waals surface area (Å²) in [5.41, 5.74) is 0.670. The maximum atomic E-state index is 13.6. The molecule has 2 rings (SSSR count). The molecule has 35 heavy (non-hydrogen) atoms. The molecule has 0 saturated carbocycles. The molecule has 8 nitrogen and oxygen atoms in total. The van der Waals surface area contributed by atoms with Crippen LogP contribution in [0.1, 0.15) is 32.3 Å². The Bertz CT molecular complexity index is 1090. The molecule has 0 fully saturated rings. The van der Waals surface area contributed by atoms with Crippen molar-refractivity contribution in [2.75, 3.05) is 31.5 Å². The van der Waals surface area contributed by atoms with Gasteiger partial charge in [0, 0.05) is 27.2 Å². The molecule has 0 heterocycles. The Balaban J connectivity index is 2.46. The van der Waals surface area contributed by atoms with Gasteiger partial charge < -0.3 is 10.2 Å². The van der Waals surface area contributed by atoms with Crippen molar-refractivity contribution in [3.8, 4) is 0 Å². The van der Waals surface area contributed by atoms with Crippen LogP contribution in [0.25, 0.3) is 0 Å². The number of nitrogens with zero attached hydrogens (tertiary/aromatic N) is 3. The fourth-order valence-corrected chi connectivity index (χ4v) is 4.45. The highest BCUT2D eigenvalue weighted by Crippen LogP contribution is 2.22. The summed E-state index contributed by atoms with van der Waals surface area (Å²) < 4.78 is 54.8. The fraction of sp³-hybridized carbons (Fsp3) is 0.417. The van der Waals surface area contributed by atoms with Gasteiger partial charge in [0.1, 0.15) is 24.2 Å². The topological polar surface area (TPSA) is 90.0 Å². The largest absolute Gasteiger partial charge is 0.354 e. The smallest absolute Gasteiger partial charge is 0.304 e. The van der Waals surface area contributed by atoms with E-state index >= 15 is 0 Å². The van der Waals surface area contributed by atoms with E-state index in [-0.39, 0.29) is 24.6 Å². The molecule has 2 amide bonds. The third-order valence-electron chi connectivity index (χ3n) is 5.33. The maximum Gasteiger partial charge on any atom is 0.304 e. The van der Waals surface area contributed by atoms with Crippen LogP contribution in [0.5, 0.6) is 0 Å². The third kappa shape index (κ3) is 7.46. The zero-order valence-electron chi connectivity index (χ0n) is 20.4. The van der Waals surface area contributed by atoms with Gasteiger partial charge in [-0.3, -0.25) is 9.59 Å². The van der Waals surface area contributed by atoms with E-state index in [0.717, 1.165) is 20.7 Å². The van der Waals surface area contributed by atoms with Crippen molar-refractivity contribution in [2.24, 2.45) is 0 Å². The summed E-state index contributed by atoms with van der Waals surface area (Å²) in [6, 6.07) is 9.34. The number of carbonyl (C=O) groups is 2. The summed E-state index contributed by atoms with van der Waals surface area (Å²) in [5.74, 6) is -2.01. The van der Waals surface area contributed by atoms with E-state index in [2.05, 4.69) is 5.32 Å². The molecule has 0 bridgehead atoms. The molecule has 0 radical (unpaired) electrons. The lowest BCUT2D eigenvalue weighted by Crippen LogP contribution is -2.53. The standard InChI is InChI=1S/C24H32F2N4O4S/c1-5-15-27-24(32)22(6-2)29(16-18-7-9-19(25)10-8-18)23(31)17-30(35(33,34)28(3)4)21-13-11-20(26)12-14-21/h7-14,22H,5-6,15-17H2,1-4H3,(H,27,32)/t22-/m1/s1. The molecular weight excluding hydrogens is 478 g/mol. The second kappa shape index (κ2) is 12.6. The summed E-state index contributed by atoms with van der Waals surface area (Å²) in [6.45, 7) is 3.41. The van der Waals surface area contributed by atoms with E-state index in [1.807, 2.05) is 6.92 Å². The van der Waals surface area contributed by atoms with E-state index in [9.17, 15) is 26.8 Å². The van der Waals surface area contributed by atoms with Gasteiger partial charge >= 0.3 is 10.2 Å². The Hall–Kier alpha value is -3.05. The van der Waals surface area contributed by atoms with Crippen LogP contribution >= 0.6 is 0 Å². The van der Waals surface area contributed by atoms with Crippen LogP contribution < -0.4 is 9.62 Å². The highest BCUT2D eigenvalue weighted by molar-refractivity contribution is 7.90. The molecule has 0 aliphatic rings. The van der Waals surface area contributed by atoms with Crippen LogP contribution in [0.2, 0.25) is 0 Å². The zero-order valence-corrected chi connectivity index (χ0v) is 21.2. The van der Waals surface area contributed by atoms with Crippen molar-refractivity contribution >= 4 is 27.7 Å². The predicted molar refractivity (Wildman–Crippen MR) is 131 cm³/mol. The van der Waals surface area contributed by atoms with Crippen LogP contribution in [0.4, 0.5) is 14.5 Å². The summed E-state index contributed by atoms with van der Waals surface area (Å²) in [5, 5.41) is 2.78. The molecule has 192 valence electrons. The first kappa shape index (κ1) is 28.2. The molecule has 1 atom stereocenters. The van der Waals surface area contributed by atoms with Crippen LogP contribution in [0.3, 0.4) is 0 Å². The fourth-order valence-electron chi connectivity index (χ4n) is 3.40. The summed E-state index contributed by atoms with van der Waals surface area (Å²) in [7, 11) is -1.49. The first-order chi connectivity index (χ1) is 16.5. The third-order valence-corrected chi connectivity index (χ3v) is 7.15. The number of carbonyl (C=O) groups excluding carboxylic acids is 2. The Labute approximate surface area is 205 Å². The van der Waals surface area contributed by atoms with Gasteiger partial charge in [-0.2, -0.15) is 12.7 Å². The maximum absolute atomic E-state index is 13.6. The number of hydrogen-bond acceptors (Lipinski definition) is 4. The highest BCUT2D eigenvalue weighted by atomic mass is 32.2. The van der Waals surface area contributed by atoms with Crippen molar-refractivity contribution in [3.63, 3.8) is 0 Å². The lowest BCUT2D eigenvalue weighted by Gasteiger charge is -2.34. The summed E-state index contributed by atoms with van der Waals surface area (Å²) >= 11 is 0. The first-order valence-electron chi connectivity index (χ1n) is 11.3. The molecule has 11 heteroatoms. The van der Waals surface area contributed by atoms with Crippen molar-refractivity contribution in [2.45, 2.75) is 39.3 Å². The van der Waals surface area contributed by atoms with E-state index in [0.29, 0.717) is 18.5 Å². The minimum atomic E-state index is -4.13. The number of nitrogens with one attached hydrogen (secondary N) is 1. The van der Waals surface area contributed by atoms with E-state index in [4.69, 9.17) is 0 Å². The molecule has 0 aromatic heterocycles. The Morgan fingerprint density at radius 2 is 1.49 bits per heavy atom. The van der Waals surface area contributed by atoms with Crippen LogP contribution in [0, 0.1) is 11.6 Å². The molecule has 2 aromatic carbocycles. The molecule has 0 spiro atoms. The lowest BCUT2D eigenvalue weighted by atomic mass is 10.1. The lowest BCUT2D eigenvalue weighted by molar-refractivity contribution is -0.140. The minimum absolute atomic E-state index is 0.0313. The molecule has 0 unspecified atom stereocenters. The van der Waals surface area contributed by atoms with E-state index < -0.39 is 40.3 Å². The highest BCUT2D eigenvalue weighted by Gasteiger charge is 2.33. The summed E-state index contributed by atoms with van der Waals surface area (Å²) in [4.78, 5) is 27.8. The van der Waals surface area contributed by atoms with E-state index in [1.165, 1.54) is 55.4 Å². The van der Waals surface area contributed by atoms with Crippen molar-refractivity contribution in [1.82, 2.24) is 14.5 Å². The van der Waals surface area contributed by atoms with E-state index in [1.54, 1.807) is 6.92 Å².